The average molecular weight is 281 g/mol. The van der Waals surface area contributed by atoms with E-state index in [9.17, 15) is 10.1 Å². The average Bonchev–Trinajstić information content (AvgIpc) is 2.83. The van der Waals surface area contributed by atoms with Gasteiger partial charge in [0.2, 0.25) is 0 Å². The van der Waals surface area contributed by atoms with Crippen molar-refractivity contribution in [3.8, 4) is 0 Å². The van der Waals surface area contributed by atoms with Crippen molar-refractivity contribution in [3.63, 3.8) is 0 Å². The summed E-state index contributed by atoms with van der Waals surface area (Å²) in [6.45, 7) is 4.63. The van der Waals surface area contributed by atoms with Gasteiger partial charge in [0.15, 0.2) is 0 Å². The van der Waals surface area contributed by atoms with E-state index in [2.05, 4.69) is 27.5 Å². The molecule has 0 amide bonds. The summed E-state index contributed by atoms with van der Waals surface area (Å²) in [6, 6.07) is 1.52. The Morgan fingerprint density at radius 3 is 2.95 bits per heavy atom. The Morgan fingerprint density at radius 1 is 1.37 bits per heavy atom. The number of aromatic nitrogens is 2. The second-order valence-corrected chi connectivity index (χ2v) is 4.97. The molecule has 0 aliphatic carbocycles. The summed E-state index contributed by atoms with van der Waals surface area (Å²) in [5, 5.41) is 18.0. The summed E-state index contributed by atoms with van der Waals surface area (Å²) in [5.41, 5.74) is 0. The van der Waals surface area contributed by atoms with Crippen LogP contribution in [0.5, 0.6) is 0 Å². The zero-order valence-corrected chi connectivity index (χ0v) is 11.4. The zero-order chi connectivity index (χ0) is 13.7. The summed E-state index contributed by atoms with van der Waals surface area (Å²) in [4.78, 5) is 19.2. The normalized spacial score (nSPS) is 10.8. The maximum atomic E-state index is 10.8. The van der Waals surface area contributed by atoms with Crippen LogP contribution in [0.2, 0.25) is 0 Å². The van der Waals surface area contributed by atoms with E-state index >= 15 is 0 Å². The molecule has 2 N–H and O–H groups in total. The molecule has 0 bridgehead atoms. The molecule has 19 heavy (non-hydrogen) atoms. The molecule has 0 radical (unpaired) electrons. The fourth-order valence-corrected chi connectivity index (χ4v) is 2.46. The van der Waals surface area contributed by atoms with Crippen LogP contribution in [-0.4, -0.2) is 34.5 Å². The first kappa shape index (κ1) is 13.6. The Labute approximate surface area is 114 Å². The SMILES string of the molecule is CCCNCCNc1ncnc2sc([N+](=O)[O-])cc12. The van der Waals surface area contributed by atoms with Gasteiger partial charge in [0.05, 0.1) is 10.3 Å². The van der Waals surface area contributed by atoms with E-state index in [0.29, 0.717) is 16.0 Å². The van der Waals surface area contributed by atoms with E-state index in [1.54, 1.807) is 0 Å². The third kappa shape index (κ3) is 3.36. The molecule has 0 aromatic carbocycles. The second kappa shape index (κ2) is 6.39. The Morgan fingerprint density at radius 2 is 2.21 bits per heavy atom. The van der Waals surface area contributed by atoms with Gasteiger partial charge in [0.1, 0.15) is 17.0 Å². The van der Waals surface area contributed by atoms with Crippen molar-refractivity contribution in [1.82, 2.24) is 15.3 Å². The van der Waals surface area contributed by atoms with Gasteiger partial charge in [-0.3, -0.25) is 10.1 Å². The Balaban J connectivity index is 2.07. The van der Waals surface area contributed by atoms with Gasteiger partial charge >= 0.3 is 5.00 Å². The molecule has 0 fully saturated rings. The predicted octanol–water partition coefficient (Wildman–Crippen LogP) is 2.01. The van der Waals surface area contributed by atoms with E-state index < -0.39 is 4.92 Å². The molecule has 0 atom stereocenters. The van der Waals surface area contributed by atoms with Crippen LogP contribution >= 0.6 is 11.3 Å². The number of anilines is 1. The van der Waals surface area contributed by atoms with Crippen molar-refractivity contribution >= 4 is 32.4 Å². The fourth-order valence-electron chi connectivity index (χ4n) is 1.64. The summed E-state index contributed by atoms with van der Waals surface area (Å²) in [6.07, 6.45) is 2.51. The van der Waals surface area contributed by atoms with Gasteiger partial charge in [0, 0.05) is 19.2 Å². The number of nitrogens with zero attached hydrogens (tertiary/aromatic N) is 3. The number of fused-ring (bicyclic) bond motifs is 1. The van der Waals surface area contributed by atoms with E-state index in [-0.39, 0.29) is 5.00 Å². The van der Waals surface area contributed by atoms with Crippen molar-refractivity contribution < 1.29 is 4.92 Å². The molecule has 0 aliphatic rings. The first-order chi connectivity index (χ1) is 9.22. The number of nitro groups is 1. The highest BCUT2D eigenvalue weighted by atomic mass is 32.1. The molecule has 8 heteroatoms. The molecule has 0 saturated heterocycles. The molecule has 2 aromatic heterocycles. The number of nitrogens with one attached hydrogen (secondary N) is 2. The number of hydrogen-bond acceptors (Lipinski definition) is 7. The molecular weight excluding hydrogens is 266 g/mol. The van der Waals surface area contributed by atoms with Gasteiger partial charge in [-0.15, -0.1) is 0 Å². The van der Waals surface area contributed by atoms with Gasteiger partial charge < -0.3 is 10.6 Å². The van der Waals surface area contributed by atoms with E-state index in [4.69, 9.17) is 0 Å². The first-order valence-electron chi connectivity index (χ1n) is 6.06. The molecule has 102 valence electrons. The Kier molecular flexibility index (Phi) is 4.58. The molecular formula is C11H15N5O2S. The van der Waals surface area contributed by atoms with Crippen molar-refractivity contribution in [2.45, 2.75) is 13.3 Å². The van der Waals surface area contributed by atoms with E-state index in [1.807, 2.05) is 0 Å². The monoisotopic (exact) mass is 281 g/mol. The van der Waals surface area contributed by atoms with E-state index in [0.717, 1.165) is 37.4 Å². The predicted molar refractivity (Wildman–Crippen MR) is 75.7 cm³/mol. The van der Waals surface area contributed by atoms with Gasteiger partial charge in [-0.2, -0.15) is 0 Å². The zero-order valence-electron chi connectivity index (χ0n) is 10.5. The lowest BCUT2D eigenvalue weighted by molar-refractivity contribution is -0.380. The molecule has 0 unspecified atom stereocenters. The number of rotatable bonds is 7. The van der Waals surface area contributed by atoms with Crippen LogP contribution in [0.4, 0.5) is 10.8 Å². The van der Waals surface area contributed by atoms with Crippen molar-refractivity contribution in [2.75, 3.05) is 25.0 Å². The lowest BCUT2D eigenvalue weighted by Gasteiger charge is -2.06. The van der Waals surface area contributed by atoms with Crippen LogP contribution in [0.3, 0.4) is 0 Å². The van der Waals surface area contributed by atoms with Crippen LogP contribution in [0.15, 0.2) is 12.4 Å². The quantitative estimate of drug-likeness (QED) is 0.458. The van der Waals surface area contributed by atoms with Crippen LogP contribution in [0, 0.1) is 10.1 Å². The molecule has 2 heterocycles. The van der Waals surface area contributed by atoms with E-state index in [1.165, 1.54) is 12.4 Å². The van der Waals surface area contributed by atoms with Gasteiger partial charge in [-0.1, -0.05) is 6.92 Å². The highest BCUT2D eigenvalue weighted by Gasteiger charge is 2.15. The molecule has 0 spiro atoms. The largest absolute Gasteiger partial charge is 0.368 e. The lowest BCUT2D eigenvalue weighted by atomic mass is 10.3. The number of hydrogen-bond donors (Lipinski definition) is 2. The minimum absolute atomic E-state index is 0.0858. The van der Waals surface area contributed by atoms with Gasteiger partial charge in [0.25, 0.3) is 0 Å². The molecule has 2 rings (SSSR count). The summed E-state index contributed by atoms with van der Waals surface area (Å²) in [7, 11) is 0. The molecule has 0 aliphatic heterocycles. The highest BCUT2D eigenvalue weighted by molar-refractivity contribution is 7.21. The molecule has 0 saturated carbocycles. The maximum Gasteiger partial charge on any atom is 0.326 e. The third-order valence-corrected chi connectivity index (χ3v) is 3.51. The number of thiophene rings is 1. The smallest absolute Gasteiger partial charge is 0.326 e. The third-order valence-electron chi connectivity index (χ3n) is 2.52. The van der Waals surface area contributed by atoms with Gasteiger partial charge in [-0.25, -0.2) is 9.97 Å². The van der Waals surface area contributed by atoms with Crippen LogP contribution in [-0.2, 0) is 0 Å². The standard InChI is InChI=1S/C11H15N5O2S/c1-2-3-12-4-5-13-10-8-6-9(16(17)18)19-11(8)15-7-14-10/h6-7,12H,2-5H2,1H3,(H,13,14,15). The Bertz CT molecular complexity index is 571. The van der Waals surface area contributed by atoms with Gasteiger partial charge in [-0.05, 0) is 24.3 Å². The summed E-state index contributed by atoms with van der Waals surface area (Å²) in [5.74, 6) is 0.646. The first-order valence-corrected chi connectivity index (χ1v) is 6.87. The molecule has 2 aromatic rings. The lowest BCUT2D eigenvalue weighted by Crippen LogP contribution is -2.23. The second-order valence-electron chi connectivity index (χ2n) is 3.96. The van der Waals surface area contributed by atoms with Crippen LogP contribution in [0.25, 0.3) is 10.2 Å². The van der Waals surface area contributed by atoms with Crippen LogP contribution in [0.1, 0.15) is 13.3 Å². The van der Waals surface area contributed by atoms with Crippen LogP contribution < -0.4 is 10.6 Å². The van der Waals surface area contributed by atoms with Crippen molar-refractivity contribution in [3.05, 3.63) is 22.5 Å². The summed E-state index contributed by atoms with van der Waals surface area (Å²) < 4.78 is 0. The Hall–Kier alpha value is -1.80. The van der Waals surface area contributed by atoms with Crippen molar-refractivity contribution in [2.24, 2.45) is 0 Å². The fraction of sp³-hybridized carbons (Fsp3) is 0.455. The topological polar surface area (TPSA) is 93.0 Å². The minimum atomic E-state index is -0.404. The molecule has 7 nitrogen and oxygen atoms in total. The highest BCUT2D eigenvalue weighted by Crippen LogP contribution is 2.32. The summed E-state index contributed by atoms with van der Waals surface area (Å²) >= 11 is 1.06. The van der Waals surface area contributed by atoms with Crippen molar-refractivity contribution in [1.29, 1.82) is 0 Å². The minimum Gasteiger partial charge on any atom is -0.368 e. The maximum absolute atomic E-state index is 10.8.